The number of fused-ring (bicyclic) bond motifs is 1. The van der Waals surface area contributed by atoms with Crippen LogP contribution in [-0.4, -0.2) is 23.6 Å². The van der Waals surface area contributed by atoms with Gasteiger partial charge in [-0.05, 0) is 24.1 Å². The Bertz CT molecular complexity index is 322. The van der Waals surface area contributed by atoms with Gasteiger partial charge in [-0.1, -0.05) is 0 Å². The quantitative estimate of drug-likeness (QED) is 0.705. The lowest BCUT2D eigenvalue weighted by molar-refractivity contribution is 0.171. The van der Waals surface area contributed by atoms with Crippen LogP contribution in [0.5, 0.6) is 17.2 Å². The second-order valence-electron chi connectivity index (χ2n) is 2.82. The van der Waals surface area contributed by atoms with E-state index < -0.39 is 0 Å². The molecule has 0 aliphatic carbocycles. The van der Waals surface area contributed by atoms with Gasteiger partial charge >= 0.3 is 0 Å². The molecule has 0 amide bonds. The summed E-state index contributed by atoms with van der Waals surface area (Å²) >= 11 is 0. The smallest absolute Gasteiger partial charge is 0.231 e. The number of benzene rings is 1. The average molecular weight is 182 g/mol. The van der Waals surface area contributed by atoms with E-state index >= 15 is 0 Å². The number of ether oxygens (including phenoxy) is 2. The molecule has 1 aliphatic rings. The molecule has 1 aliphatic heterocycles. The van der Waals surface area contributed by atoms with E-state index in [0.29, 0.717) is 17.9 Å². The van der Waals surface area contributed by atoms with Crippen LogP contribution < -0.4 is 9.47 Å². The van der Waals surface area contributed by atoms with Crippen LogP contribution in [0.1, 0.15) is 5.56 Å². The van der Waals surface area contributed by atoms with E-state index in [9.17, 15) is 5.11 Å². The highest BCUT2D eigenvalue weighted by molar-refractivity contribution is 5.54. The number of aromatic hydroxyl groups is 1. The van der Waals surface area contributed by atoms with Crippen LogP contribution in [0.15, 0.2) is 12.1 Å². The Morgan fingerprint density at radius 3 is 2.92 bits per heavy atom. The number of aliphatic hydroxyl groups is 1. The zero-order valence-corrected chi connectivity index (χ0v) is 6.99. The van der Waals surface area contributed by atoms with Crippen molar-refractivity contribution in [2.45, 2.75) is 6.42 Å². The van der Waals surface area contributed by atoms with Crippen molar-refractivity contribution >= 4 is 0 Å². The van der Waals surface area contributed by atoms with Crippen LogP contribution in [0.2, 0.25) is 0 Å². The van der Waals surface area contributed by atoms with Gasteiger partial charge in [0, 0.05) is 6.61 Å². The maximum absolute atomic E-state index is 9.45. The van der Waals surface area contributed by atoms with Crippen molar-refractivity contribution in [2.24, 2.45) is 0 Å². The fourth-order valence-electron chi connectivity index (χ4n) is 1.32. The van der Waals surface area contributed by atoms with Crippen molar-refractivity contribution in [3.8, 4) is 17.2 Å². The highest BCUT2D eigenvalue weighted by atomic mass is 16.7. The normalized spacial score (nSPS) is 13.3. The van der Waals surface area contributed by atoms with Gasteiger partial charge in [0.15, 0.2) is 11.5 Å². The summed E-state index contributed by atoms with van der Waals surface area (Å²) in [7, 11) is 0. The maximum atomic E-state index is 9.45. The summed E-state index contributed by atoms with van der Waals surface area (Å²) in [5.41, 5.74) is 0.837. The molecular weight excluding hydrogens is 172 g/mol. The average Bonchev–Trinajstić information content (AvgIpc) is 2.53. The molecule has 0 spiro atoms. The molecule has 0 fully saturated rings. The van der Waals surface area contributed by atoms with Gasteiger partial charge in [0.25, 0.3) is 0 Å². The number of rotatable bonds is 2. The molecule has 13 heavy (non-hydrogen) atoms. The van der Waals surface area contributed by atoms with E-state index in [1.807, 2.05) is 0 Å². The minimum atomic E-state index is 0.0546. The van der Waals surface area contributed by atoms with Crippen LogP contribution in [-0.2, 0) is 6.42 Å². The maximum Gasteiger partial charge on any atom is 0.231 e. The monoisotopic (exact) mass is 182 g/mol. The van der Waals surface area contributed by atoms with E-state index in [0.717, 1.165) is 5.56 Å². The Labute approximate surface area is 75.3 Å². The fraction of sp³-hybridized carbons (Fsp3) is 0.333. The summed E-state index contributed by atoms with van der Waals surface area (Å²) in [6, 6.07) is 3.34. The lowest BCUT2D eigenvalue weighted by Crippen LogP contribution is -1.93. The molecule has 0 radical (unpaired) electrons. The number of phenols is 1. The van der Waals surface area contributed by atoms with Gasteiger partial charge in [0.2, 0.25) is 12.5 Å². The van der Waals surface area contributed by atoms with Crippen molar-refractivity contribution in [1.29, 1.82) is 0 Å². The Hall–Kier alpha value is -1.42. The molecule has 1 aromatic rings. The Kier molecular flexibility index (Phi) is 1.98. The van der Waals surface area contributed by atoms with Gasteiger partial charge in [-0.2, -0.15) is 0 Å². The molecule has 2 rings (SSSR count). The first kappa shape index (κ1) is 8.19. The summed E-state index contributed by atoms with van der Waals surface area (Å²) in [5, 5.41) is 18.2. The minimum absolute atomic E-state index is 0.0546. The highest BCUT2D eigenvalue weighted by Crippen LogP contribution is 2.41. The first-order chi connectivity index (χ1) is 6.31. The van der Waals surface area contributed by atoms with E-state index in [2.05, 4.69) is 0 Å². The molecule has 0 saturated carbocycles. The van der Waals surface area contributed by atoms with Crippen molar-refractivity contribution in [2.75, 3.05) is 13.4 Å². The molecule has 0 aromatic heterocycles. The topological polar surface area (TPSA) is 58.9 Å². The van der Waals surface area contributed by atoms with E-state index in [1.54, 1.807) is 12.1 Å². The van der Waals surface area contributed by atoms with Gasteiger partial charge in [0.05, 0.1) is 0 Å². The number of hydrogen-bond donors (Lipinski definition) is 2. The fourth-order valence-corrected chi connectivity index (χ4v) is 1.32. The zero-order chi connectivity index (χ0) is 9.26. The van der Waals surface area contributed by atoms with Crippen LogP contribution in [0.4, 0.5) is 0 Å². The molecule has 70 valence electrons. The Morgan fingerprint density at radius 1 is 1.31 bits per heavy atom. The lowest BCUT2D eigenvalue weighted by atomic mass is 10.1. The third kappa shape index (κ3) is 1.40. The number of phenolic OH excluding ortho intramolecular Hbond substituents is 1. The van der Waals surface area contributed by atoms with E-state index in [-0.39, 0.29) is 19.1 Å². The first-order valence-electron chi connectivity index (χ1n) is 4.03. The van der Waals surface area contributed by atoms with Gasteiger partial charge < -0.3 is 19.7 Å². The molecule has 2 N–H and O–H groups in total. The molecule has 4 nitrogen and oxygen atoms in total. The molecule has 1 aromatic carbocycles. The Balaban J connectivity index is 2.37. The molecule has 0 unspecified atom stereocenters. The van der Waals surface area contributed by atoms with Crippen LogP contribution in [0, 0.1) is 0 Å². The third-order valence-corrected chi connectivity index (χ3v) is 1.91. The summed E-state index contributed by atoms with van der Waals surface area (Å²) in [6.07, 6.45) is 0.504. The highest BCUT2D eigenvalue weighted by Gasteiger charge is 2.18. The minimum Gasteiger partial charge on any atom is -0.504 e. The first-order valence-corrected chi connectivity index (χ1v) is 4.03. The van der Waals surface area contributed by atoms with Gasteiger partial charge in [-0.15, -0.1) is 0 Å². The van der Waals surface area contributed by atoms with Crippen molar-refractivity contribution < 1.29 is 19.7 Å². The summed E-state index contributed by atoms with van der Waals surface area (Å²) in [4.78, 5) is 0. The van der Waals surface area contributed by atoms with Crippen molar-refractivity contribution in [3.63, 3.8) is 0 Å². The predicted octanol–water partition coefficient (Wildman–Crippen LogP) is 0.656. The molecule has 0 atom stereocenters. The summed E-state index contributed by atoms with van der Waals surface area (Å²) in [5.74, 6) is 1.00. The molecule has 0 bridgehead atoms. The van der Waals surface area contributed by atoms with Crippen LogP contribution >= 0.6 is 0 Å². The van der Waals surface area contributed by atoms with Crippen LogP contribution in [0.25, 0.3) is 0 Å². The largest absolute Gasteiger partial charge is 0.504 e. The number of aliphatic hydroxyl groups excluding tert-OH is 1. The second kappa shape index (κ2) is 3.14. The van der Waals surface area contributed by atoms with Gasteiger partial charge in [0.1, 0.15) is 0 Å². The predicted molar refractivity (Wildman–Crippen MR) is 45.0 cm³/mol. The van der Waals surface area contributed by atoms with Crippen molar-refractivity contribution in [3.05, 3.63) is 17.7 Å². The standard InChI is InChI=1S/C9H10O4/c10-2-1-6-3-7(11)9-8(4-6)12-5-13-9/h3-4,10-11H,1-2,5H2. The van der Waals surface area contributed by atoms with E-state index in [4.69, 9.17) is 14.6 Å². The summed E-state index contributed by atoms with van der Waals surface area (Å²) in [6.45, 7) is 0.199. The lowest BCUT2D eigenvalue weighted by Gasteiger charge is -2.02. The van der Waals surface area contributed by atoms with Crippen LogP contribution in [0.3, 0.4) is 0 Å². The molecular formula is C9H10O4. The zero-order valence-electron chi connectivity index (χ0n) is 6.99. The van der Waals surface area contributed by atoms with Gasteiger partial charge in [-0.3, -0.25) is 0 Å². The van der Waals surface area contributed by atoms with E-state index in [1.165, 1.54) is 0 Å². The second-order valence-corrected chi connectivity index (χ2v) is 2.82. The summed E-state index contributed by atoms with van der Waals surface area (Å²) < 4.78 is 10.1. The van der Waals surface area contributed by atoms with Crippen molar-refractivity contribution in [1.82, 2.24) is 0 Å². The molecule has 1 heterocycles. The third-order valence-electron chi connectivity index (χ3n) is 1.91. The Morgan fingerprint density at radius 2 is 2.15 bits per heavy atom. The number of hydrogen-bond acceptors (Lipinski definition) is 4. The molecule has 4 heteroatoms. The molecule has 0 saturated heterocycles. The SMILES string of the molecule is OCCc1cc(O)c2c(c1)OCO2. The van der Waals surface area contributed by atoms with Gasteiger partial charge in [-0.25, -0.2) is 0 Å².